The summed E-state index contributed by atoms with van der Waals surface area (Å²) in [5, 5.41) is 0.716. The van der Waals surface area contributed by atoms with Gasteiger partial charge in [-0.05, 0) is 67.9 Å². The van der Waals surface area contributed by atoms with Crippen molar-refractivity contribution in [1.29, 1.82) is 0 Å². The molecular weight excluding hydrogens is 522 g/mol. The number of halogens is 2. The largest absolute Gasteiger partial charge is 0.331 e. The molecule has 1 aromatic heterocycles. The van der Waals surface area contributed by atoms with Crippen molar-refractivity contribution in [3.8, 4) is 0 Å². The number of hydrogen-bond acceptors (Lipinski definition) is 5. The highest BCUT2D eigenvalue weighted by Gasteiger charge is 2.33. The minimum absolute atomic E-state index is 0.0715. The summed E-state index contributed by atoms with van der Waals surface area (Å²) in [4.78, 5) is 21.6. The van der Waals surface area contributed by atoms with Gasteiger partial charge in [-0.3, -0.25) is 19.4 Å². The topological polar surface area (TPSA) is 82.6 Å². The van der Waals surface area contributed by atoms with Gasteiger partial charge in [0.05, 0.1) is 5.52 Å². The smallest absolute Gasteiger partial charge is 0.264 e. The summed E-state index contributed by atoms with van der Waals surface area (Å²) < 4.78 is 56.0. The molecule has 202 valence electrons. The first-order valence-corrected chi connectivity index (χ1v) is 14.1. The molecule has 0 radical (unpaired) electrons. The Morgan fingerprint density at radius 2 is 1.59 bits per heavy atom. The van der Waals surface area contributed by atoms with Crippen LogP contribution in [-0.2, 0) is 16.6 Å². The third-order valence-corrected chi connectivity index (χ3v) is 8.24. The Labute approximate surface area is 226 Å². The van der Waals surface area contributed by atoms with Crippen LogP contribution in [0, 0.1) is 11.6 Å². The molecule has 1 aliphatic rings. The third-order valence-electron chi connectivity index (χ3n) is 6.83. The number of hydrogen-bond donors (Lipinski definition) is 1. The zero-order valence-electron chi connectivity index (χ0n) is 21.5. The maximum atomic E-state index is 13.6. The second-order valence-electron chi connectivity index (χ2n) is 9.90. The highest BCUT2D eigenvalue weighted by molar-refractivity contribution is 7.93. The lowest BCUT2D eigenvalue weighted by Gasteiger charge is -2.44. The van der Waals surface area contributed by atoms with E-state index in [2.05, 4.69) is 14.6 Å². The van der Waals surface area contributed by atoms with Gasteiger partial charge in [-0.15, -0.1) is 0 Å². The fourth-order valence-electron chi connectivity index (χ4n) is 5.26. The van der Waals surface area contributed by atoms with Gasteiger partial charge in [0.1, 0.15) is 16.5 Å². The minimum Gasteiger partial charge on any atom is -0.331 e. The number of amides is 1. The lowest BCUT2D eigenvalue weighted by molar-refractivity contribution is 0.0268. The SMILES string of the molecule is CC1CN(Cc2cc(F)cc(F)c2)CC(C)N1C(=O)c1ccc(NS(=O)(=O)c2cccc3cccnc23)cc1. The highest BCUT2D eigenvalue weighted by Crippen LogP contribution is 2.25. The Kier molecular flexibility index (Phi) is 7.33. The van der Waals surface area contributed by atoms with E-state index >= 15 is 0 Å². The average Bonchev–Trinajstić information content (AvgIpc) is 2.87. The van der Waals surface area contributed by atoms with Crippen LogP contribution in [0.25, 0.3) is 10.9 Å². The van der Waals surface area contributed by atoms with Crippen molar-refractivity contribution >= 4 is 32.5 Å². The molecule has 1 N–H and O–H groups in total. The lowest BCUT2D eigenvalue weighted by Crippen LogP contribution is -2.58. The lowest BCUT2D eigenvalue weighted by atomic mass is 10.0. The number of para-hydroxylation sites is 1. The van der Waals surface area contributed by atoms with Crippen LogP contribution in [0.4, 0.5) is 14.5 Å². The maximum Gasteiger partial charge on any atom is 0.264 e. The van der Waals surface area contributed by atoms with Crippen LogP contribution in [0.15, 0.2) is 83.9 Å². The van der Waals surface area contributed by atoms with E-state index < -0.39 is 21.7 Å². The van der Waals surface area contributed by atoms with Crippen molar-refractivity contribution in [3.63, 3.8) is 0 Å². The van der Waals surface area contributed by atoms with Crippen molar-refractivity contribution in [2.75, 3.05) is 17.8 Å². The van der Waals surface area contributed by atoms with E-state index in [1.165, 1.54) is 18.2 Å². The monoisotopic (exact) mass is 550 g/mol. The molecule has 1 aliphatic heterocycles. The Morgan fingerprint density at radius 3 is 2.26 bits per heavy atom. The van der Waals surface area contributed by atoms with Crippen LogP contribution >= 0.6 is 0 Å². The Balaban J connectivity index is 1.27. The zero-order valence-corrected chi connectivity index (χ0v) is 22.3. The van der Waals surface area contributed by atoms with Crippen LogP contribution < -0.4 is 4.72 Å². The normalized spacial score (nSPS) is 18.3. The van der Waals surface area contributed by atoms with Gasteiger partial charge in [0.2, 0.25) is 0 Å². The van der Waals surface area contributed by atoms with E-state index in [0.717, 1.165) is 6.07 Å². The van der Waals surface area contributed by atoms with E-state index in [1.807, 2.05) is 13.8 Å². The van der Waals surface area contributed by atoms with Gasteiger partial charge in [-0.1, -0.05) is 18.2 Å². The van der Waals surface area contributed by atoms with Crippen LogP contribution in [0.3, 0.4) is 0 Å². The minimum atomic E-state index is -3.91. The van der Waals surface area contributed by atoms with E-state index in [-0.39, 0.29) is 22.9 Å². The Bertz CT molecular complexity index is 1590. The van der Waals surface area contributed by atoms with Crippen LogP contribution in [0.5, 0.6) is 0 Å². The molecule has 2 atom stereocenters. The van der Waals surface area contributed by atoms with Gasteiger partial charge >= 0.3 is 0 Å². The average molecular weight is 551 g/mol. The predicted octanol–water partition coefficient (Wildman–Crippen LogP) is 5.05. The second-order valence-corrected chi connectivity index (χ2v) is 11.5. The van der Waals surface area contributed by atoms with Crippen LogP contribution in [-0.4, -0.2) is 54.3 Å². The molecular formula is C29H28F2N4O3S. The molecule has 1 amide bonds. The van der Waals surface area contributed by atoms with Crippen molar-refractivity contribution in [1.82, 2.24) is 14.8 Å². The van der Waals surface area contributed by atoms with Gasteiger partial charge in [0.15, 0.2) is 0 Å². The van der Waals surface area contributed by atoms with E-state index in [1.54, 1.807) is 59.6 Å². The molecule has 7 nitrogen and oxygen atoms in total. The number of benzene rings is 3. The molecule has 1 saturated heterocycles. The number of fused-ring (bicyclic) bond motifs is 1. The molecule has 1 fully saturated rings. The number of anilines is 1. The van der Waals surface area contributed by atoms with Gasteiger partial charge in [0.25, 0.3) is 15.9 Å². The molecule has 10 heteroatoms. The molecule has 0 aliphatic carbocycles. The molecule has 0 spiro atoms. The quantitative estimate of drug-likeness (QED) is 0.363. The van der Waals surface area contributed by atoms with Gasteiger partial charge < -0.3 is 4.90 Å². The fourth-order valence-corrected chi connectivity index (χ4v) is 6.49. The summed E-state index contributed by atoms with van der Waals surface area (Å²) in [5.74, 6) is -1.39. The maximum absolute atomic E-state index is 13.6. The third kappa shape index (κ3) is 5.76. The number of rotatable bonds is 6. The summed E-state index contributed by atoms with van der Waals surface area (Å²) in [6, 6.07) is 18.0. The first-order chi connectivity index (χ1) is 18.6. The van der Waals surface area contributed by atoms with Crippen molar-refractivity contribution in [2.24, 2.45) is 0 Å². The standard InChI is InChI=1S/C29H28F2N4O3S/c1-19-16-34(18-21-13-24(30)15-25(31)14-21)17-20(2)35(19)29(36)23-8-10-26(11-9-23)33-39(37,38)27-7-3-5-22-6-4-12-32-28(22)27/h3-15,19-20,33H,16-18H2,1-2H3. The number of piperazine rings is 1. The first kappa shape index (κ1) is 26.7. The summed E-state index contributed by atoms with van der Waals surface area (Å²) in [6.07, 6.45) is 1.55. The predicted molar refractivity (Wildman–Crippen MR) is 146 cm³/mol. The van der Waals surface area contributed by atoms with E-state index in [0.29, 0.717) is 47.4 Å². The molecule has 3 aromatic carbocycles. The first-order valence-electron chi connectivity index (χ1n) is 12.6. The summed E-state index contributed by atoms with van der Waals surface area (Å²) in [5.41, 5.74) is 1.69. The molecule has 4 aromatic rings. The van der Waals surface area contributed by atoms with Crippen molar-refractivity contribution in [2.45, 2.75) is 37.4 Å². The van der Waals surface area contributed by atoms with E-state index in [9.17, 15) is 22.0 Å². The molecule has 0 saturated carbocycles. The number of nitrogens with zero attached hydrogens (tertiary/aromatic N) is 3. The zero-order chi connectivity index (χ0) is 27.7. The number of carbonyl (C=O) groups is 1. The molecule has 2 unspecified atom stereocenters. The molecule has 5 rings (SSSR count). The van der Waals surface area contributed by atoms with Crippen molar-refractivity contribution in [3.05, 3.63) is 102 Å². The Morgan fingerprint density at radius 1 is 0.949 bits per heavy atom. The van der Waals surface area contributed by atoms with Gasteiger partial charge in [0, 0.05) is 60.6 Å². The molecule has 2 heterocycles. The number of carbonyl (C=O) groups excluding carboxylic acids is 1. The number of nitrogens with one attached hydrogen (secondary N) is 1. The Hall–Kier alpha value is -3.89. The molecule has 0 bridgehead atoms. The van der Waals surface area contributed by atoms with Crippen LogP contribution in [0.2, 0.25) is 0 Å². The van der Waals surface area contributed by atoms with Gasteiger partial charge in [-0.2, -0.15) is 0 Å². The summed E-state index contributed by atoms with van der Waals surface area (Å²) in [6.45, 7) is 5.35. The van der Waals surface area contributed by atoms with E-state index in [4.69, 9.17) is 0 Å². The van der Waals surface area contributed by atoms with Crippen LogP contribution in [0.1, 0.15) is 29.8 Å². The summed E-state index contributed by atoms with van der Waals surface area (Å²) >= 11 is 0. The van der Waals surface area contributed by atoms with Gasteiger partial charge in [-0.25, -0.2) is 17.2 Å². The second kappa shape index (κ2) is 10.7. The molecule has 39 heavy (non-hydrogen) atoms. The number of sulfonamides is 1. The number of pyridine rings is 1. The highest BCUT2D eigenvalue weighted by atomic mass is 32.2. The summed E-state index contributed by atoms with van der Waals surface area (Å²) in [7, 11) is -3.91. The number of aromatic nitrogens is 1. The van der Waals surface area contributed by atoms with Crippen molar-refractivity contribution < 1.29 is 22.0 Å². The fraction of sp³-hybridized carbons (Fsp3) is 0.241.